The summed E-state index contributed by atoms with van der Waals surface area (Å²) in [5, 5.41) is 3.50. The highest BCUT2D eigenvalue weighted by Gasteiger charge is 2.22. The topological polar surface area (TPSA) is 92.8 Å². The van der Waals surface area contributed by atoms with Crippen LogP contribution in [0.4, 0.5) is 0 Å². The number of esters is 1. The third kappa shape index (κ3) is 5.86. The molecule has 0 heterocycles. The van der Waals surface area contributed by atoms with Crippen molar-refractivity contribution in [3.63, 3.8) is 0 Å². The van der Waals surface area contributed by atoms with Gasteiger partial charge >= 0.3 is 5.97 Å². The van der Waals surface area contributed by atoms with E-state index >= 15 is 0 Å². The van der Waals surface area contributed by atoms with Gasteiger partial charge in [0.25, 0.3) is 5.91 Å². The normalized spacial score (nSPS) is 12.5. The summed E-state index contributed by atoms with van der Waals surface area (Å²) in [6.07, 6.45) is 0. The molecule has 1 atom stereocenters. The van der Waals surface area contributed by atoms with Crippen LogP contribution in [0, 0.1) is 0 Å². The van der Waals surface area contributed by atoms with E-state index in [0.29, 0.717) is 15.6 Å². The molecule has 0 fully saturated rings. The van der Waals surface area contributed by atoms with Gasteiger partial charge in [-0.05, 0) is 42.8 Å². The third-order valence-electron chi connectivity index (χ3n) is 4.08. The quantitative estimate of drug-likeness (QED) is 0.590. The number of sulfonamides is 1. The Balaban J connectivity index is 2.05. The number of ether oxygens (including phenoxy) is 1. The number of carbonyl (C=O) groups is 2. The number of hydrogen-bond acceptors (Lipinski definition) is 5. The van der Waals surface area contributed by atoms with E-state index in [1.54, 1.807) is 25.1 Å². The van der Waals surface area contributed by atoms with Crippen molar-refractivity contribution in [2.24, 2.45) is 0 Å². The van der Waals surface area contributed by atoms with Crippen molar-refractivity contribution in [3.05, 3.63) is 62.6 Å². The van der Waals surface area contributed by atoms with Gasteiger partial charge in [-0.1, -0.05) is 40.9 Å². The fourth-order valence-electron chi connectivity index (χ4n) is 2.45. The van der Waals surface area contributed by atoms with Crippen molar-refractivity contribution in [1.29, 1.82) is 0 Å². The fourth-order valence-corrected chi connectivity index (χ4v) is 4.15. The zero-order chi connectivity index (χ0) is 22.6. The van der Waals surface area contributed by atoms with E-state index in [1.807, 2.05) is 0 Å². The molecule has 11 heteroatoms. The van der Waals surface area contributed by atoms with E-state index in [-0.39, 0.29) is 15.5 Å². The van der Waals surface area contributed by atoms with Crippen LogP contribution in [0.15, 0.2) is 41.3 Å². The van der Waals surface area contributed by atoms with Crippen LogP contribution in [-0.4, -0.2) is 45.3 Å². The van der Waals surface area contributed by atoms with Gasteiger partial charge in [0, 0.05) is 24.1 Å². The van der Waals surface area contributed by atoms with Gasteiger partial charge in [0.1, 0.15) is 0 Å². The maximum Gasteiger partial charge on any atom is 0.340 e. The van der Waals surface area contributed by atoms with Crippen LogP contribution in [-0.2, 0) is 19.6 Å². The van der Waals surface area contributed by atoms with Crippen molar-refractivity contribution in [2.75, 3.05) is 20.7 Å². The second-order valence-electron chi connectivity index (χ2n) is 6.46. The standard InChI is InChI=1S/C19H19Cl3N2O5S/c1-11(14-6-4-12(20)8-17(14)22)23-18(25)10-29-19(26)15-9-13(5-7-16(15)21)30(27,28)24(2)3/h4-9,11H,10H2,1-3H3,(H,23,25)/t11-/m1/s1. The summed E-state index contributed by atoms with van der Waals surface area (Å²) in [7, 11) is -1.05. The lowest BCUT2D eigenvalue weighted by molar-refractivity contribution is -0.124. The summed E-state index contributed by atoms with van der Waals surface area (Å²) >= 11 is 18.0. The highest BCUT2D eigenvalue weighted by atomic mass is 35.5. The smallest absolute Gasteiger partial charge is 0.340 e. The Morgan fingerprint density at radius 1 is 1.07 bits per heavy atom. The summed E-state index contributed by atoms with van der Waals surface area (Å²) in [4.78, 5) is 24.4. The molecule has 0 saturated heterocycles. The van der Waals surface area contributed by atoms with E-state index in [1.165, 1.54) is 26.2 Å². The third-order valence-corrected chi connectivity index (χ3v) is 6.78. The maximum atomic E-state index is 12.3. The number of amides is 1. The molecule has 0 saturated carbocycles. The van der Waals surface area contributed by atoms with E-state index in [2.05, 4.69) is 5.32 Å². The second-order valence-corrected chi connectivity index (χ2v) is 9.86. The molecule has 0 unspecified atom stereocenters. The lowest BCUT2D eigenvalue weighted by Crippen LogP contribution is -2.31. The summed E-state index contributed by atoms with van der Waals surface area (Å²) in [5.74, 6) is -1.50. The van der Waals surface area contributed by atoms with Crippen LogP contribution in [0.25, 0.3) is 0 Å². The van der Waals surface area contributed by atoms with Crippen LogP contribution in [0.2, 0.25) is 15.1 Å². The zero-order valence-electron chi connectivity index (χ0n) is 16.3. The summed E-state index contributed by atoms with van der Waals surface area (Å²) in [6.45, 7) is 1.12. The number of benzene rings is 2. The molecule has 0 radical (unpaired) electrons. The van der Waals surface area contributed by atoms with Crippen molar-refractivity contribution in [1.82, 2.24) is 9.62 Å². The summed E-state index contributed by atoms with van der Waals surface area (Å²) in [5.41, 5.74) is 0.478. The first-order valence-electron chi connectivity index (χ1n) is 8.57. The minimum atomic E-state index is -3.77. The molecular formula is C19H19Cl3N2O5S. The number of halogens is 3. The molecule has 0 bridgehead atoms. The minimum absolute atomic E-state index is 0.000529. The molecule has 2 aromatic carbocycles. The lowest BCUT2D eigenvalue weighted by Gasteiger charge is -2.16. The SMILES string of the molecule is C[C@@H](NC(=O)COC(=O)c1cc(S(=O)(=O)N(C)C)ccc1Cl)c1ccc(Cl)cc1Cl. The Labute approximate surface area is 189 Å². The Hall–Kier alpha value is -1.84. The van der Waals surface area contributed by atoms with Crippen molar-refractivity contribution in [3.8, 4) is 0 Å². The van der Waals surface area contributed by atoms with Gasteiger partial charge in [0.2, 0.25) is 10.0 Å². The lowest BCUT2D eigenvalue weighted by atomic mass is 10.1. The first kappa shape index (κ1) is 24.4. The van der Waals surface area contributed by atoms with Crippen LogP contribution in [0.1, 0.15) is 28.9 Å². The number of hydrogen-bond donors (Lipinski definition) is 1. The Kier molecular flexibility index (Phi) is 8.13. The molecule has 2 rings (SSSR count). The largest absolute Gasteiger partial charge is 0.452 e. The van der Waals surface area contributed by atoms with Crippen molar-refractivity contribution >= 4 is 56.7 Å². The first-order valence-corrected chi connectivity index (χ1v) is 11.1. The summed E-state index contributed by atoms with van der Waals surface area (Å²) < 4.78 is 30.5. The highest BCUT2D eigenvalue weighted by molar-refractivity contribution is 7.89. The number of carbonyl (C=O) groups excluding carboxylic acids is 2. The molecule has 1 amide bonds. The van der Waals surface area contributed by atoms with Crippen molar-refractivity contribution < 1.29 is 22.7 Å². The maximum absolute atomic E-state index is 12.3. The molecule has 0 aliphatic heterocycles. The second kappa shape index (κ2) is 9.98. The van der Waals surface area contributed by atoms with Gasteiger partial charge in [0.15, 0.2) is 6.61 Å². The molecule has 0 spiro atoms. The molecule has 162 valence electrons. The first-order chi connectivity index (χ1) is 13.9. The molecule has 30 heavy (non-hydrogen) atoms. The number of rotatable bonds is 7. The van der Waals surface area contributed by atoms with E-state index in [0.717, 1.165) is 10.4 Å². The van der Waals surface area contributed by atoms with Crippen LogP contribution >= 0.6 is 34.8 Å². The molecule has 2 aromatic rings. The zero-order valence-corrected chi connectivity index (χ0v) is 19.4. The minimum Gasteiger partial charge on any atom is -0.452 e. The predicted molar refractivity (Wildman–Crippen MR) is 116 cm³/mol. The number of nitrogens with one attached hydrogen (secondary N) is 1. The Morgan fingerprint density at radius 3 is 2.33 bits per heavy atom. The van der Waals surface area contributed by atoms with Crippen molar-refractivity contribution in [2.45, 2.75) is 17.9 Å². The van der Waals surface area contributed by atoms with Crippen LogP contribution in [0.3, 0.4) is 0 Å². The molecule has 7 nitrogen and oxygen atoms in total. The predicted octanol–water partition coefficient (Wildman–Crippen LogP) is 3.93. The van der Waals surface area contributed by atoms with Gasteiger partial charge in [-0.3, -0.25) is 4.79 Å². The van der Waals surface area contributed by atoms with Gasteiger partial charge in [-0.25, -0.2) is 17.5 Å². The molecular weight excluding hydrogens is 475 g/mol. The van der Waals surface area contributed by atoms with Gasteiger partial charge < -0.3 is 10.1 Å². The van der Waals surface area contributed by atoms with Crippen LogP contribution < -0.4 is 5.32 Å². The van der Waals surface area contributed by atoms with E-state index < -0.39 is 34.5 Å². The van der Waals surface area contributed by atoms with Crippen LogP contribution in [0.5, 0.6) is 0 Å². The van der Waals surface area contributed by atoms with Gasteiger partial charge in [0.05, 0.1) is 21.5 Å². The molecule has 0 aliphatic rings. The summed E-state index contributed by atoms with van der Waals surface area (Å²) in [6, 6.07) is 8.07. The highest BCUT2D eigenvalue weighted by Crippen LogP contribution is 2.26. The monoisotopic (exact) mass is 492 g/mol. The number of nitrogens with zero attached hydrogens (tertiary/aromatic N) is 1. The van der Waals surface area contributed by atoms with Gasteiger partial charge in [-0.15, -0.1) is 0 Å². The molecule has 0 aliphatic carbocycles. The van der Waals surface area contributed by atoms with Gasteiger partial charge in [-0.2, -0.15) is 0 Å². The average molecular weight is 494 g/mol. The molecule has 0 aromatic heterocycles. The Morgan fingerprint density at radius 2 is 1.73 bits per heavy atom. The average Bonchev–Trinajstić information content (AvgIpc) is 2.66. The molecule has 1 N–H and O–H groups in total. The Bertz CT molecular complexity index is 1070. The fraction of sp³-hybridized carbons (Fsp3) is 0.263. The van der Waals surface area contributed by atoms with E-state index in [4.69, 9.17) is 39.5 Å². The van der Waals surface area contributed by atoms with E-state index in [9.17, 15) is 18.0 Å².